The summed E-state index contributed by atoms with van der Waals surface area (Å²) in [6, 6.07) is 10.4. The zero-order chi connectivity index (χ0) is 8.39. The minimum Gasteiger partial charge on any atom is -0.373 e. The van der Waals surface area contributed by atoms with Gasteiger partial charge in [-0.2, -0.15) is 0 Å². The van der Waals surface area contributed by atoms with Gasteiger partial charge in [-0.1, -0.05) is 30.3 Å². The SMILES string of the molecule is [CH2]C(Cc1ccccc1)C1CO1. The number of epoxide rings is 1. The minimum atomic E-state index is 0.421. The lowest BCUT2D eigenvalue weighted by molar-refractivity contribution is 0.358. The topological polar surface area (TPSA) is 12.5 Å². The Balaban J connectivity index is 1.94. The van der Waals surface area contributed by atoms with Crippen LogP contribution < -0.4 is 0 Å². The highest BCUT2D eigenvalue weighted by molar-refractivity contribution is 5.16. The number of ether oxygens (including phenoxy) is 1. The lowest BCUT2D eigenvalue weighted by Gasteiger charge is -2.06. The van der Waals surface area contributed by atoms with Gasteiger partial charge in [0.1, 0.15) is 0 Å². The van der Waals surface area contributed by atoms with Crippen molar-refractivity contribution in [2.45, 2.75) is 12.5 Å². The molecular weight excluding hydrogens is 148 g/mol. The highest BCUT2D eigenvalue weighted by Gasteiger charge is 2.29. The summed E-state index contributed by atoms with van der Waals surface area (Å²) in [5.74, 6) is 0.424. The molecule has 0 spiro atoms. The van der Waals surface area contributed by atoms with Crippen molar-refractivity contribution in [2.24, 2.45) is 5.92 Å². The van der Waals surface area contributed by atoms with E-state index in [4.69, 9.17) is 4.74 Å². The van der Waals surface area contributed by atoms with E-state index in [1.165, 1.54) is 5.56 Å². The van der Waals surface area contributed by atoms with Crippen molar-refractivity contribution in [3.05, 3.63) is 42.8 Å². The van der Waals surface area contributed by atoms with Crippen molar-refractivity contribution >= 4 is 0 Å². The largest absolute Gasteiger partial charge is 0.373 e. The summed E-state index contributed by atoms with van der Waals surface area (Å²) in [4.78, 5) is 0. The Labute approximate surface area is 73.4 Å². The van der Waals surface area contributed by atoms with Crippen LogP contribution in [0.1, 0.15) is 5.56 Å². The number of hydrogen-bond acceptors (Lipinski definition) is 1. The third kappa shape index (κ3) is 1.86. The minimum absolute atomic E-state index is 0.421. The second kappa shape index (κ2) is 3.28. The van der Waals surface area contributed by atoms with Crippen LogP contribution in [0.25, 0.3) is 0 Å². The number of hydrogen-bond donors (Lipinski definition) is 0. The molecule has 1 aliphatic rings. The Morgan fingerprint density at radius 3 is 2.67 bits per heavy atom. The van der Waals surface area contributed by atoms with Crippen LogP contribution in [0.4, 0.5) is 0 Å². The molecule has 1 heteroatoms. The Kier molecular flexibility index (Phi) is 2.13. The van der Waals surface area contributed by atoms with Crippen molar-refractivity contribution in [1.29, 1.82) is 0 Å². The van der Waals surface area contributed by atoms with Crippen LogP contribution in [-0.4, -0.2) is 12.7 Å². The first-order valence-corrected chi connectivity index (χ1v) is 4.35. The molecule has 1 radical (unpaired) electrons. The van der Waals surface area contributed by atoms with Gasteiger partial charge in [0.05, 0.1) is 12.7 Å². The van der Waals surface area contributed by atoms with Crippen LogP contribution in [-0.2, 0) is 11.2 Å². The molecule has 0 aromatic heterocycles. The molecule has 63 valence electrons. The summed E-state index contributed by atoms with van der Waals surface area (Å²) in [6.45, 7) is 4.97. The van der Waals surface area contributed by atoms with Crippen molar-refractivity contribution in [3.63, 3.8) is 0 Å². The fraction of sp³-hybridized carbons (Fsp3) is 0.364. The number of benzene rings is 1. The molecule has 2 rings (SSSR count). The summed E-state index contributed by atoms with van der Waals surface area (Å²) in [6.07, 6.45) is 1.45. The van der Waals surface area contributed by atoms with E-state index in [1.807, 2.05) is 6.07 Å². The third-order valence-corrected chi connectivity index (χ3v) is 2.23. The lowest BCUT2D eigenvalue weighted by Crippen LogP contribution is -2.06. The zero-order valence-electron chi connectivity index (χ0n) is 7.07. The van der Waals surface area contributed by atoms with Gasteiger partial charge in [0.2, 0.25) is 0 Å². The van der Waals surface area contributed by atoms with E-state index in [-0.39, 0.29) is 0 Å². The average molecular weight is 161 g/mol. The Bertz CT molecular complexity index is 238. The molecule has 0 bridgehead atoms. The van der Waals surface area contributed by atoms with Gasteiger partial charge in [-0.3, -0.25) is 0 Å². The first-order valence-electron chi connectivity index (χ1n) is 4.35. The van der Waals surface area contributed by atoms with Crippen LogP contribution >= 0.6 is 0 Å². The summed E-state index contributed by atoms with van der Waals surface area (Å²) in [7, 11) is 0. The maximum atomic E-state index is 5.18. The standard InChI is InChI=1S/C11H13O/c1-9(11-8-12-11)7-10-5-3-2-4-6-10/h2-6,9,11H,1,7-8H2. The molecule has 0 amide bonds. The van der Waals surface area contributed by atoms with E-state index in [0.717, 1.165) is 13.0 Å². The first-order chi connectivity index (χ1) is 5.86. The zero-order valence-corrected chi connectivity index (χ0v) is 7.07. The summed E-state index contributed by atoms with van der Waals surface area (Å²) >= 11 is 0. The Morgan fingerprint density at radius 1 is 1.42 bits per heavy atom. The Hall–Kier alpha value is -0.820. The van der Waals surface area contributed by atoms with Gasteiger partial charge in [-0.15, -0.1) is 0 Å². The van der Waals surface area contributed by atoms with Gasteiger partial charge in [0.15, 0.2) is 0 Å². The molecule has 1 heterocycles. The second-order valence-electron chi connectivity index (χ2n) is 3.32. The van der Waals surface area contributed by atoms with Crippen molar-refractivity contribution in [3.8, 4) is 0 Å². The highest BCUT2D eigenvalue weighted by atomic mass is 16.6. The van der Waals surface area contributed by atoms with E-state index in [0.29, 0.717) is 12.0 Å². The van der Waals surface area contributed by atoms with Crippen LogP contribution in [0.5, 0.6) is 0 Å². The maximum absolute atomic E-state index is 5.18. The molecule has 1 aromatic rings. The molecule has 1 saturated heterocycles. The van der Waals surface area contributed by atoms with Crippen molar-refractivity contribution in [2.75, 3.05) is 6.61 Å². The Morgan fingerprint density at radius 2 is 2.08 bits per heavy atom. The van der Waals surface area contributed by atoms with E-state index < -0.39 is 0 Å². The lowest BCUT2D eigenvalue weighted by atomic mass is 9.99. The summed E-state index contributed by atoms with van der Waals surface area (Å²) in [5.41, 5.74) is 1.35. The van der Waals surface area contributed by atoms with Gasteiger partial charge in [0.25, 0.3) is 0 Å². The van der Waals surface area contributed by atoms with E-state index in [2.05, 4.69) is 31.2 Å². The predicted molar refractivity (Wildman–Crippen MR) is 48.7 cm³/mol. The first kappa shape index (κ1) is 7.81. The molecule has 2 unspecified atom stereocenters. The molecule has 1 aromatic carbocycles. The third-order valence-electron chi connectivity index (χ3n) is 2.23. The molecular formula is C11H13O. The van der Waals surface area contributed by atoms with Crippen molar-refractivity contribution < 1.29 is 4.74 Å². The molecule has 12 heavy (non-hydrogen) atoms. The maximum Gasteiger partial charge on any atom is 0.0841 e. The van der Waals surface area contributed by atoms with Gasteiger partial charge >= 0.3 is 0 Å². The smallest absolute Gasteiger partial charge is 0.0841 e. The fourth-order valence-corrected chi connectivity index (χ4v) is 1.38. The van der Waals surface area contributed by atoms with Crippen LogP contribution in [0, 0.1) is 12.8 Å². The molecule has 1 aliphatic heterocycles. The average Bonchev–Trinajstić information content (AvgIpc) is 2.88. The second-order valence-corrected chi connectivity index (χ2v) is 3.32. The fourth-order valence-electron chi connectivity index (χ4n) is 1.38. The van der Waals surface area contributed by atoms with E-state index in [9.17, 15) is 0 Å². The summed E-state index contributed by atoms with van der Waals surface area (Å²) < 4.78 is 5.18. The highest BCUT2D eigenvalue weighted by Crippen LogP contribution is 2.22. The monoisotopic (exact) mass is 161 g/mol. The van der Waals surface area contributed by atoms with Crippen LogP contribution in [0.3, 0.4) is 0 Å². The van der Waals surface area contributed by atoms with Gasteiger partial charge in [-0.05, 0) is 24.8 Å². The van der Waals surface area contributed by atoms with Gasteiger partial charge in [-0.25, -0.2) is 0 Å². The van der Waals surface area contributed by atoms with Crippen LogP contribution in [0.2, 0.25) is 0 Å². The predicted octanol–water partition coefficient (Wildman–Crippen LogP) is 2.08. The molecule has 1 fully saturated rings. The van der Waals surface area contributed by atoms with E-state index >= 15 is 0 Å². The van der Waals surface area contributed by atoms with Crippen molar-refractivity contribution in [1.82, 2.24) is 0 Å². The molecule has 0 aliphatic carbocycles. The normalized spacial score (nSPS) is 23.6. The molecule has 1 nitrogen and oxygen atoms in total. The van der Waals surface area contributed by atoms with Gasteiger partial charge in [0, 0.05) is 0 Å². The summed E-state index contributed by atoms with van der Waals surface area (Å²) in [5, 5.41) is 0. The van der Waals surface area contributed by atoms with Gasteiger partial charge < -0.3 is 4.74 Å². The molecule has 0 N–H and O–H groups in total. The molecule has 0 saturated carbocycles. The van der Waals surface area contributed by atoms with Crippen LogP contribution in [0.15, 0.2) is 30.3 Å². The quantitative estimate of drug-likeness (QED) is 0.618. The molecule has 2 atom stereocenters. The number of rotatable bonds is 3. The van der Waals surface area contributed by atoms with E-state index in [1.54, 1.807) is 0 Å².